The van der Waals surface area contributed by atoms with E-state index in [0.717, 1.165) is 25.2 Å². The highest BCUT2D eigenvalue weighted by molar-refractivity contribution is 6.07. The van der Waals surface area contributed by atoms with Gasteiger partial charge in [0.05, 0.1) is 35.9 Å². The molecule has 2 aromatic rings. The monoisotopic (exact) mass is 504 g/mol. The highest BCUT2D eigenvalue weighted by Crippen LogP contribution is 2.33. The number of benzene rings is 2. The van der Waals surface area contributed by atoms with E-state index >= 15 is 0 Å². The van der Waals surface area contributed by atoms with Crippen molar-refractivity contribution in [2.45, 2.75) is 12.6 Å². The van der Waals surface area contributed by atoms with Crippen LogP contribution in [0.25, 0.3) is 0 Å². The van der Waals surface area contributed by atoms with Gasteiger partial charge in [-0.05, 0) is 30.3 Å². The Labute approximate surface area is 206 Å². The second-order valence-electron chi connectivity index (χ2n) is 8.70. The summed E-state index contributed by atoms with van der Waals surface area (Å²) in [5, 5.41) is 5.57. The summed E-state index contributed by atoms with van der Waals surface area (Å²) in [5.41, 5.74) is -0.192. The maximum Gasteiger partial charge on any atom is 0.416 e. The zero-order valence-electron chi connectivity index (χ0n) is 19.5. The summed E-state index contributed by atoms with van der Waals surface area (Å²) < 4.78 is 44.5. The number of morpholine rings is 1. The van der Waals surface area contributed by atoms with Gasteiger partial charge in [0.2, 0.25) is 11.8 Å². The predicted octanol–water partition coefficient (Wildman–Crippen LogP) is 2.76. The summed E-state index contributed by atoms with van der Waals surface area (Å²) in [6.07, 6.45) is -4.68. The van der Waals surface area contributed by atoms with Crippen molar-refractivity contribution < 1.29 is 32.3 Å². The molecule has 0 aliphatic carbocycles. The second-order valence-corrected chi connectivity index (χ2v) is 8.70. The minimum absolute atomic E-state index is 0.0557. The van der Waals surface area contributed by atoms with E-state index < -0.39 is 29.5 Å². The maximum absolute atomic E-state index is 13.1. The second kappa shape index (κ2) is 11.1. The molecule has 0 saturated carbocycles. The summed E-state index contributed by atoms with van der Waals surface area (Å²) in [6, 6.07) is 11.0. The van der Waals surface area contributed by atoms with Crippen LogP contribution in [0.2, 0.25) is 0 Å². The Morgan fingerprint density at radius 2 is 1.81 bits per heavy atom. The third-order valence-corrected chi connectivity index (χ3v) is 6.23. The van der Waals surface area contributed by atoms with Crippen molar-refractivity contribution in [1.29, 1.82) is 0 Å². The standard InChI is InChI=1S/C25H27F3N4O4/c26-25(27,28)18-4-3-5-19(15-18)32-16-17(14-22(32)33)23(34)30-21-7-2-1-6-20(21)24(35)29-8-9-31-10-12-36-13-11-31/h1-7,15,17H,8-14,16H2,(H,29,35)(H,30,34)/t17-/m1/s1. The number of ether oxygens (including phenoxy) is 1. The molecule has 0 radical (unpaired) electrons. The lowest BCUT2D eigenvalue weighted by Crippen LogP contribution is -2.41. The van der Waals surface area contributed by atoms with Crippen LogP contribution in [0.5, 0.6) is 0 Å². The summed E-state index contributed by atoms with van der Waals surface area (Å²) in [6.45, 7) is 4.00. The normalized spacial score (nSPS) is 18.8. The molecular weight excluding hydrogens is 477 g/mol. The SMILES string of the molecule is O=C(NCCN1CCOCC1)c1ccccc1NC(=O)[C@@H]1CC(=O)N(c2cccc(C(F)(F)F)c2)C1. The van der Waals surface area contributed by atoms with Crippen LogP contribution in [-0.2, 0) is 20.5 Å². The van der Waals surface area contributed by atoms with Crippen LogP contribution in [0.15, 0.2) is 48.5 Å². The van der Waals surface area contributed by atoms with E-state index in [1.807, 2.05) is 0 Å². The van der Waals surface area contributed by atoms with E-state index in [0.29, 0.717) is 32.0 Å². The Bertz CT molecular complexity index is 1120. The molecule has 3 amide bonds. The molecule has 0 bridgehead atoms. The molecule has 2 aromatic carbocycles. The highest BCUT2D eigenvalue weighted by atomic mass is 19.4. The van der Waals surface area contributed by atoms with E-state index in [1.165, 1.54) is 17.0 Å². The van der Waals surface area contributed by atoms with E-state index in [9.17, 15) is 27.6 Å². The van der Waals surface area contributed by atoms with Crippen LogP contribution in [0.1, 0.15) is 22.3 Å². The molecule has 1 atom stereocenters. The van der Waals surface area contributed by atoms with Gasteiger partial charge in [0.15, 0.2) is 0 Å². The molecule has 2 aliphatic heterocycles. The largest absolute Gasteiger partial charge is 0.416 e. The fourth-order valence-electron chi connectivity index (χ4n) is 4.26. The van der Waals surface area contributed by atoms with Crippen molar-refractivity contribution in [2.24, 2.45) is 5.92 Å². The van der Waals surface area contributed by atoms with Gasteiger partial charge >= 0.3 is 6.18 Å². The molecule has 2 aliphatic rings. The topological polar surface area (TPSA) is 91.0 Å². The van der Waals surface area contributed by atoms with Crippen LogP contribution < -0.4 is 15.5 Å². The zero-order valence-corrected chi connectivity index (χ0v) is 19.5. The summed E-state index contributed by atoms with van der Waals surface area (Å²) in [5.74, 6) is -2.04. The Morgan fingerprint density at radius 1 is 1.06 bits per heavy atom. The molecule has 192 valence electrons. The Morgan fingerprint density at radius 3 is 2.56 bits per heavy atom. The van der Waals surface area contributed by atoms with Crippen molar-refractivity contribution in [3.8, 4) is 0 Å². The first-order valence-corrected chi connectivity index (χ1v) is 11.7. The number of nitrogens with one attached hydrogen (secondary N) is 2. The molecule has 2 N–H and O–H groups in total. The lowest BCUT2D eigenvalue weighted by atomic mass is 10.1. The lowest BCUT2D eigenvalue weighted by molar-refractivity contribution is -0.137. The van der Waals surface area contributed by atoms with E-state index in [4.69, 9.17) is 4.74 Å². The van der Waals surface area contributed by atoms with Gasteiger partial charge in [-0.2, -0.15) is 13.2 Å². The van der Waals surface area contributed by atoms with E-state index in [1.54, 1.807) is 24.3 Å². The lowest BCUT2D eigenvalue weighted by Gasteiger charge is -2.26. The van der Waals surface area contributed by atoms with Gasteiger partial charge in [0.25, 0.3) is 5.91 Å². The average molecular weight is 505 g/mol. The number of amides is 3. The average Bonchev–Trinajstić information content (AvgIpc) is 3.26. The fraction of sp³-hybridized carbons (Fsp3) is 0.400. The third-order valence-electron chi connectivity index (χ3n) is 6.23. The van der Waals surface area contributed by atoms with Gasteiger partial charge in [0.1, 0.15) is 0 Å². The molecule has 4 rings (SSSR count). The molecule has 8 nitrogen and oxygen atoms in total. The first-order chi connectivity index (χ1) is 17.2. The number of halogens is 3. The van der Waals surface area contributed by atoms with Crippen molar-refractivity contribution in [3.05, 3.63) is 59.7 Å². The predicted molar refractivity (Wildman–Crippen MR) is 127 cm³/mol. The van der Waals surface area contributed by atoms with Crippen molar-refractivity contribution in [1.82, 2.24) is 10.2 Å². The zero-order chi connectivity index (χ0) is 25.7. The molecule has 2 heterocycles. The first kappa shape index (κ1) is 25.6. The maximum atomic E-state index is 13.1. The van der Waals surface area contributed by atoms with Crippen LogP contribution in [0.4, 0.5) is 24.5 Å². The van der Waals surface area contributed by atoms with Crippen molar-refractivity contribution in [3.63, 3.8) is 0 Å². The number of nitrogens with zero attached hydrogens (tertiary/aromatic N) is 2. The Hall–Kier alpha value is -3.44. The van der Waals surface area contributed by atoms with Crippen LogP contribution in [0.3, 0.4) is 0 Å². The molecular formula is C25H27F3N4O4. The van der Waals surface area contributed by atoms with Gasteiger partial charge in [-0.15, -0.1) is 0 Å². The quantitative estimate of drug-likeness (QED) is 0.605. The third kappa shape index (κ3) is 6.21. The smallest absolute Gasteiger partial charge is 0.379 e. The van der Waals surface area contributed by atoms with Crippen molar-refractivity contribution >= 4 is 29.1 Å². The number of carbonyl (C=O) groups excluding carboxylic acids is 3. The summed E-state index contributed by atoms with van der Waals surface area (Å²) >= 11 is 0. The van der Waals surface area contributed by atoms with Crippen LogP contribution >= 0.6 is 0 Å². The number of hydrogen-bond acceptors (Lipinski definition) is 5. The van der Waals surface area contributed by atoms with E-state index in [2.05, 4.69) is 15.5 Å². The molecule has 2 saturated heterocycles. The molecule has 11 heteroatoms. The van der Waals surface area contributed by atoms with Gasteiger partial charge < -0.3 is 20.3 Å². The van der Waals surface area contributed by atoms with Gasteiger partial charge in [-0.3, -0.25) is 19.3 Å². The molecule has 2 fully saturated rings. The Kier molecular flexibility index (Phi) is 7.90. The van der Waals surface area contributed by atoms with Crippen molar-refractivity contribution in [2.75, 3.05) is 56.2 Å². The molecule has 36 heavy (non-hydrogen) atoms. The van der Waals surface area contributed by atoms with Gasteiger partial charge in [-0.1, -0.05) is 18.2 Å². The van der Waals surface area contributed by atoms with Gasteiger partial charge in [0, 0.05) is 44.8 Å². The number of para-hydroxylation sites is 1. The molecule has 0 aromatic heterocycles. The minimum atomic E-state index is -4.54. The highest BCUT2D eigenvalue weighted by Gasteiger charge is 2.37. The summed E-state index contributed by atoms with van der Waals surface area (Å²) in [4.78, 5) is 41.6. The molecule has 0 unspecified atom stereocenters. The van der Waals surface area contributed by atoms with Crippen LogP contribution in [0, 0.1) is 5.92 Å². The van der Waals surface area contributed by atoms with Crippen LogP contribution in [-0.4, -0.2) is 68.6 Å². The Balaban J connectivity index is 1.37. The first-order valence-electron chi connectivity index (χ1n) is 11.7. The molecule has 0 spiro atoms. The fourth-order valence-corrected chi connectivity index (χ4v) is 4.26. The number of carbonyl (C=O) groups is 3. The summed E-state index contributed by atoms with van der Waals surface area (Å²) in [7, 11) is 0. The number of rotatable bonds is 7. The van der Waals surface area contributed by atoms with Gasteiger partial charge in [-0.25, -0.2) is 0 Å². The number of alkyl halides is 3. The number of hydrogen-bond donors (Lipinski definition) is 2. The minimum Gasteiger partial charge on any atom is -0.379 e. The van der Waals surface area contributed by atoms with E-state index in [-0.39, 0.29) is 30.1 Å². The number of anilines is 2.